The van der Waals surface area contributed by atoms with Crippen molar-refractivity contribution in [3.8, 4) is 17.2 Å². The van der Waals surface area contributed by atoms with E-state index in [1.807, 2.05) is 13.0 Å². The summed E-state index contributed by atoms with van der Waals surface area (Å²) in [5.41, 5.74) is 1.00. The summed E-state index contributed by atoms with van der Waals surface area (Å²) in [5.74, 6) is -0.484. The number of alkyl halides is 2. The van der Waals surface area contributed by atoms with Crippen LogP contribution in [0.1, 0.15) is 15.2 Å². The number of nitrogens with zero attached hydrogens (tertiary/aromatic N) is 2. The first-order chi connectivity index (χ1) is 12.4. The minimum absolute atomic E-state index is 0.0369. The fourth-order valence-corrected chi connectivity index (χ4v) is 3.37. The molecular formula is C18H12F2N2O3S. The molecule has 0 N–H and O–H groups in total. The second-order valence-corrected chi connectivity index (χ2v) is 6.79. The van der Waals surface area contributed by atoms with E-state index in [1.165, 1.54) is 23.5 Å². The minimum Gasteiger partial charge on any atom is -0.395 e. The third kappa shape index (κ3) is 3.11. The van der Waals surface area contributed by atoms with Crippen molar-refractivity contribution >= 4 is 17.2 Å². The Bertz CT molecular complexity index is 1060. The molecule has 2 heterocycles. The lowest BCUT2D eigenvalue weighted by atomic mass is 10.2. The largest absolute Gasteiger partial charge is 0.586 e. The van der Waals surface area contributed by atoms with Crippen molar-refractivity contribution in [2.75, 3.05) is 0 Å². The Kier molecular flexibility index (Phi) is 3.84. The number of benzene rings is 2. The summed E-state index contributed by atoms with van der Waals surface area (Å²) >= 11 is 1.32. The van der Waals surface area contributed by atoms with Crippen LogP contribution in [-0.4, -0.2) is 16.8 Å². The van der Waals surface area contributed by atoms with Gasteiger partial charge in [0.05, 0.1) is 5.69 Å². The maximum absolute atomic E-state index is 13.2. The van der Waals surface area contributed by atoms with Crippen molar-refractivity contribution in [1.82, 2.24) is 4.57 Å². The van der Waals surface area contributed by atoms with Gasteiger partial charge in [-0.25, -0.2) is 0 Å². The van der Waals surface area contributed by atoms with Gasteiger partial charge < -0.3 is 9.47 Å². The Labute approximate surface area is 150 Å². The molecule has 3 aromatic rings. The lowest BCUT2D eigenvalue weighted by Gasteiger charge is -2.05. The molecule has 0 saturated carbocycles. The summed E-state index contributed by atoms with van der Waals surface area (Å²) in [7, 11) is 0. The maximum atomic E-state index is 13.2. The van der Waals surface area contributed by atoms with E-state index in [4.69, 9.17) is 0 Å². The zero-order valence-corrected chi connectivity index (χ0v) is 14.3. The molecule has 0 saturated heterocycles. The number of carbonyl (C=O) groups excluding carboxylic acids is 1. The molecule has 0 fully saturated rings. The standard InChI is InChI=1S/C18H12F2N2O3S/c1-11-10-22(13-7-8-14-15(9-13)25-18(19,20)24-14)17(26-11)21-16(23)12-5-3-2-4-6-12/h2-10H,1H3/b21-17-. The zero-order valence-electron chi connectivity index (χ0n) is 13.5. The van der Waals surface area contributed by atoms with E-state index < -0.39 is 6.29 Å². The first-order valence-corrected chi connectivity index (χ1v) is 8.46. The quantitative estimate of drug-likeness (QED) is 0.683. The summed E-state index contributed by atoms with van der Waals surface area (Å²) in [5, 5.41) is 0. The number of aryl methyl sites for hydroxylation is 1. The summed E-state index contributed by atoms with van der Waals surface area (Å²) in [6.45, 7) is 1.87. The molecule has 132 valence electrons. The van der Waals surface area contributed by atoms with E-state index in [0.717, 1.165) is 4.88 Å². The van der Waals surface area contributed by atoms with Crippen LogP contribution in [0.2, 0.25) is 0 Å². The first kappa shape index (κ1) is 16.5. The number of aromatic nitrogens is 1. The van der Waals surface area contributed by atoms with Crippen molar-refractivity contribution in [3.63, 3.8) is 0 Å². The number of amides is 1. The van der Waals surface area contributed by atoms with Crippen LogP contribution in [0.15, 0.2) is 59.7 Å². The zero-order chi connectivity index (χ0) is 18.3. The maximum Gasteiger partial charge on any atom is 0.586 e. The Morgan fingerprint density at radius 3 is 2.62 bits per heavy atom. The van der Waals surface area contributed by atoms with Gasteiger partial charge in [-0.1, -0.05) is 18.2 Å². The van der Waals surface area contributed by atoms with Gasteiger partial charge >= 0.3 is 6.29 Å². The van der Waals surface area contributed by atoms with Gasteiger partial charge in [0.15, 0.2) is 16.3 Å². The molecule has 0 radical (unpaired) electrons. The Morgan fingerprint density at radius 2 is 1.85 bits per heavy atom. The predicted molar refractivity (Wildman–Crippen MR) is 90.9 cm³/mol. The highest BCUT2D eigenvalue weighted by molar-refractivity contribution is 7.09. The number of thiazole rings is 1. The van der Waals surface area contributed by atoms with Gasteiger partial charge in [0, 0.05) is 22.7 Å². The fraction of sp³-hybridized carbons (Fsp3) is 0.111. The van der Waals surface area contributed by atoms with Crippen molar-refractivity contribution in [1.29, 1.82) is 0 Å². The molecule has 1 aliphatic rings. The van der Waals surface area contributed by atoms with Crippen LogP contribution in [0.3, 0.4) is 0 Å². The highest BCUT2D eigenvalue weighted by Crippen LogP contribution is 2.41. The average molecular weight is 374 g/mol. The number of halogens is 2. The second-order valence-electron chi connectivity index (χ2n) is 5.58. The van der Waals surface area contributed by atoms with Crippen LogP contribution in [0, 0.1) is 6.92 Å². The van der Waals surface area contributed by atoms with Crippen LogP contribution in [0.5, 0.6) is 11.5 Å². The fourth-order valence-electron chi connectivity index (χ4n) is 2.54. The number of rotatable bonds is 2. The number of ether oxygens (including phenoxy) is 2. The third-order valence-corrected chi connectivity index (χ3v) is 4.55. The van der Waals surface area contributed by atoms with Crippen molar-refractivity contribution < 1.29 is 23.0 Å². The van der Waals surface area contributed by atoms with Crippen LogP contribution in [-0.2, 0) is 0 Å². The Hall–Kier alpha value is -3.00. The molecule has 26 heavy (non-hydrogen) atoms. The molecule has 1 aromatic heterocycles. The molecule has 1 aliphatic heterocycles. The van der Waals surface area contributed by atoms with Crippen LogP contribution in [0.25, 0.3) is 5.69 Å². The van der Waals surface area contributed by atoms with Crippen LogP contribution < -0.4 is 14.3 Å². The van der Waals surface area contributed by atoms with Crippen molar-refractivity contribution in [3.05, 3.63) is 70.0 Å². The molecule has 8 heteroatoms. The SMILES string of the molecule is Cc1cn(-c2ccc3c(c2)OC(F)(F)O3)/c(=N/C(=O)c2ccccc2)s1. The lowest BCUT2D eigenvalue weighted by molar-refractivity contribution is -0.286. The van der Waals surface area contributed by atoms with Crippen LogP contribution in [0.4, 0.5) is 8.78 Å². The molecule has 0 bridgehead atoms. The minimum atomic E-state index is -3.67. The Balaban J connectivity index is 1.76. The molecule has 0 aliphatic carbocycles. The molecule has 4 rings (SSSR count). The van der Waals surface area contributed by atoms with E-state index in [0.29, 0.717) is 16.1 Å². The molecule has 0 atom stereocenters. The van der Waals surface area contributed by atoms with Gasteiger partial charge in [0.1, 0.15) is 0 Å². The van der Waals surface area contributed by atoms with Gasteiger partial charge in [-0.2, -0.15) is 4.99 Å². The number of carbonyl (C=O) groups is 1. The smallest absolute Gasteiger partial charge is 0.395 e. The van der Waals surface area contributed by atoms with Crippen LogP contribution >= 0.6 is 11.3 Å². The third-order valence-electron chi connectivity index (χ3n) is 3.65. The summed E-state index contributed by atoms with van der Waals surface area (Å²) in [6, 6.07) is 13.1. The molecular weight excluding hydrogens is 362 g/mol. The molecule has 1 amide bonds. The predicted octanol–water partition coefficient (Wildman–Crippen LogP) is 3.91. The summed E-state index contributed by atoms with van der Waals surface area (Å²) < 4.78 is 37.0. The van der Waals surface area contributed by atoms with E-state index in [-0.39, 0.29) is 17.4 Å². The lowest BCUT2D eigenvalue weighted by Crippen LogP contribution is -2.25. The summed E-state index contributed by atoms with van der Waals surface area (Å²) in [4.78, 5) is 17.9. The van der Waals surface area contributed by atoms with Gasteiger partial charge in [-0.3, -0.25) is 9.36 Å². The van der Waals surface area contributed by atoms with Gasteiger partial charge in [-0.05, 0) is 31.2 Å². The number of hydrogen-bond donors (Lipinski definition) is 0. The highest BCUT2D eigenvalue weighted by Gasteiger charge is 2.43. The summed E-state index contributed by atoms with van der Waals surface area (Å²) in [6.07, 6.45) is -1.90. The second kappa shape index (κ2) is 6.06. The van der Waals surface area contributed by atoms with E-state index in [2.05, 4.69) is 14.5 Å². The highest BCUT2D eigenvalue weighted by atomic mass is 32.1. The topological polar surface area (TPSA) is 52.8 Å². The van der Waals surface area contributed by atoms with Gasteiger partial charge in [0.2, 0.25) is 0 Å². The van der Waals surface area contributed by atoms with Crippen molar-refractivity contribution in [2.45, 2.75) is 13.2 Å². The molecule has 0 spiro atoms. The Morgan fingerprint density at radius 1 is 1.12 bits per heavy atom. The molecule has 5 nitrogen and oxygen atoms in total. The average Bonchev–Trinajstić information content (AvgIpc) is 3.12. The normalized spacial score (nSPS) is 15.3. The van der Waals surface area contributed by atoms with E-state index in [1.54, 1.807) is 41.1 Å². The molecule has 2 aromatic carbocycles. The molecule has 0 unspecified atom stereocenters. The monoisotopic (exact) mass is 374 g/mol. The van der Waals surface area contributed by atoms with Gasteiger partial charge in [0.25, 0.3) is 5.91 Å². The first-order valence-electron chi connectivity index (χ1n) is 7.65. The van der Waals surface area contributed by atoms with E-state index in [9.17, 15) is 13.6 Å². The van der Waals surface area contributed by atoms with Gasteiger partial charge in [-0.15, -0.1) is 20.1 Å². The van der Waals surface area contributed by atoms with E-state index >= 15 is 0 Å². The number of fused-ring (bicyclic) bond motifs is 1. The van der Waals surface area contributed by atoms with Crippen molar-refractivity contribution in [2.24, 2.45) is 4.99 Å². The number of hydrogen-bond acceptors (Lipinski definition) is 4.